The topological polar surface area (TPSA) is 49.3 Å². The van der Waals surface area contributed by atoms with Gasteiger partial charge in [-0.05, 0) is 37.2 Å². The molecule has 1 aromatic carbocycles. The van der Waals surface area contributed by atoms with Gasteiger partial charge < -0.3 is 9.80 Å². The van der Waals surface area contributed by atoms with Gasteiger partial charge in [0.15, 0.2) is 0 Å². The average Bonchev–Trinajstić information content (AvgIpc) is 2.71. The van der Waals surface area contributed by atoms with Crippen LogP contribution < -0.4 is 4.90 Å². The lowest BCUT2D eigenvalue weighted by Crippen LogP contribution is -2.54. The van der Waals surface area contributed by atoms with Crippen LogP contribution in [0.25, 0.3) is 0 Å². The van der Waals surface area contributed by atoms with Crippen molar-refractivity contribution >= 4 is 11.7 Å². The summed E-state index contributed by atoms with van der Waals surface area (Å²) in [5.41, 5.74) is 1.37. The molecule has 5 heteroatoms. The molecule has 1 spiro atoms. The quantitative estimate of drug-likeness (QED) is 0.853. The zero-order chi connectivity index (χ0) is 18.0. The third kappa shape index (κ3) is 3.18. The zero-order valence-electron chi connectivity index (χ0n) is 15.3. The van der Waals surface area contributed by atoms with Gasteiger partial charge in [-0.3, -0.25) is 9.78 Å². The minimum Gasteiger partial charge on any atom is -0.355 e. The molecule has 0 bridgehead atoms. The Kier molecular flexibility index (Phi) is 4.62. The molecule has 0 aliphatic carbocycles. The van der Waals surface area contributed by atoms with Gasteiger partial charge in [0.25, 0.3) is 0 Å². The fraction of sp³-hybridized carbons (Fsp3) is 0.476. The number of amides is 1. The minimum atomic E-state index is -0.00651. The Morgan fingerprint density at radius 2 is 1.92 bits per heavy atom. The van der Waals surface area contributed by atoms with Gasteiger partial charge in [-0.25, -0.2) is 4.98 Å². The van der Waals surface area contributed by atoms with Crippen molar-refractivity contribution in [2.75, 3.05) is 31.1 Å². The molecule has 5 nitrogen and oxygen atoms in total. The van der Waals surface area contributed by atoms with Gasteiger partial charge in [0.2, 0.25) is 5.91 Å². The summed E-state index contributed by atoms with van der Waals surface area (Å²) in [5, 5.41) is 0. The molecule has 3 heterocycles. The van der Waals surface area contributed by atoms with E-state index in [4.69, 9.17) is 0 Å². The van der Waals surface area contributed by atoms with Crippen molar-refractivity contribution in [3.63, 3.8) is 0 Å². The van der Waals surface area contributed by atoms with Crippen molar-refractivity contribution in [3.8, 4) is 0 Å². The summed E-state index contributed by atoms with van der Waals surface area (Å²) < 4.78 is 0. The Hall–Kier alpha value is -2.43. The second-order valence-electron chi connectivity index (χ2n) is 7.57. The molecule has 2 aliphatic rings. The molecule has 1 aromatic heterocycles. The Balaban J connectivity index is 1.54. The van der Waals surface area contributed by atoms with E-state index in [1.165, 1.54) is 0 Å². The van der Waals surface area contributed by atoms with Crippen LogP contribution in [0.15, 0.2) is 48.9 Å². The van der Waals surface area contributed by atoms with Gasteiger partial charge in [-0.15, -0.1) is 0 Å². The smallest absolute Gasteiger partial charge is 0.230 e. The van der Waals surface area contributed by atoms with Crippen LogP contribution in [0.5, 0.6) is 0 Å². The highest BCUT2D eigenvalue weighted by atomic mass is 16.2. The molecule has 2 saturated heterocycles. The molecule has 1 atom stereocenters. The number of nitrogens with zero attached hydrogens (tertiary/aromatic N) is 4. The number of piperidine rings is 2. The number of hydrogen-bond acceptors (Lipinski definition) is 4. The molecular weight excluding hydrogens is 324 g/mol. The third-order valence-electron chi connectivity index (χ3n) is 6.05. The van der Waals surface area contributed by atoms with E-state index in [0.29, 0.717) is 5.91 Å². The van der Waals surface area contributed by atoms with Crippen LogP contribution in [0.4, 0.5) is 5.82 Å². The van der Waals surface area contributed by atoms with E-state index in [0.717, 1.165) is 56.8 Å². The third-order valence-corrected chi connectivity index (χ3v) is 6.05. The SMILES string of the molecule is CCN1CC2(CCN(c3cnccn3)CC2)C[C@H](c2ccccc2)C1=O. The summed E-state index contributed by atoms with van der Waals surface area (Å²) in [5.74, 6) is 1.25. The van der Waals surface area contributed by atoms with E-state index >= 15 is 0 Å². The number of likely N-dealkylation sites (tertiary alicyclic amines) is 1. The van der Waals surface area contributed by atoms with Crippen molar-refractivity contribution in [2.45, 2.75) is 32.1 Å². The number of anilines is 1. The largest absolute Gasteiger partial charge is 0.355 e. The summed E-state index contributed by atoms with van der Waals surface area (Å²) in [6.07, 6.45) is 8.45. The first-order valence-electron chi connectivity index (χ1n) is 9.55. The van der Waals surface area contributed by atoms with E-state index in [2.05, 4.69) is 38.8 Å². The van der Waals surface area contributed by atoms with Crippen molar-refractivity contribution in [1.82, 2.24) is 14.9 Å². The first-order valence-corrected chi connectivity index (χ1v) is 9.55. The zero-order valence-corrected chi connectivity index (χ0v) is 15.3. The van der Waals surface area contributed by atoms with Crippen LogP contribution in [0.2, 0.25) is 0 Å². The fourth-order valence-corrected chi connectivity index (χ4v) is 4.53. The Morgan fingerprint density at radius 3 is 2.58 bits per heavy atom. The molecular formula is C21H26N4O. The molecule has 26 heavy (non-hydrogen) atoms. The maximum atomic E-state index is 13.0. The first-order chi connectivity index (χ1) is 12.7. The summed E-state index contributed by atoms with van der Waals surface area (Å²) in [4.78, 5) is 26.0. The standard InChI is InChI=1S/C21H26N4O/c1-2-24-16-21(14-18(20(24)26)17-6-4-3-5-7-17)8-12-25(13-9-21)19-15-22-10-11-23-19/h3-7,10-11,15,18H,2,8-9,12-14,16H2,1H3/t18-/m1/s1. The van der Waals surface area contributed by atoms with Gasteiger partial charge in [0.05, 0.1) is 12.1 Å². The van der Waals surface area contributed by atoms with E-state index in [9.17, 15) is 4.79 Å². The van der Waals surface area contributed by atoms with Crippen molar-refractivity contribution in [2.24, 2.45) is 5.41 Å². The van der Waals surface area contributed by atoms with Gasteiger partial charge in [-0.1, -0.05) is 30.3 Å². The Morgan fingerprint density at radius 1 is 1.15 bits per heavy atom. The summed E-state index contributed by atoms with van der Waals surface area (Å²) >= 11 is 0. The van der Waals surface area contributed by atoms with Gasteiger partial charge in [-0.2, -0.15) is 0 Å². The maximum Gasteiger partial charge on any atom is 0.230 e. The van der Waals surface area contributed by atoms with Crippen LogP contribution in [-0.4, -0.2) is 47.0 Å². The van der Waals surface area contributed by atoms with Gasteiger partial charge >= 0.3 is 0 Å². The van der Waals surface area contributed by atoms with Gasteiger partial charge in [0, 0.05) is 38.6 Å². The maximum absolute atomic E-state index is 13.0. The highest BCUT2D eigenvalue weighted by Gasteiger charge is 2.45. The molecule has 2 fully saturated rings. The Labute approximate surface area is 155 Å². The Bertz CT molecular complexity index is 741. The summed E-state index contributed by atoms with van der Waals surface area (Å²) in [6, 6.07) is 10.3. The molecule has 2 aromatic rings. The van der Waals surface area contributed by atoms with Crippen molar-refractivity contribution in [1.29, 1.82) is 0 Å². The van der Waals surface area contributed by atoms with Crippen LogP contribution in [-0.2, 0) is 4.79 Å². The molecule has 2 aliphatic heterocycles. The highest BCUT2D eigenvalue weighted by Crippen LogP contribution is 2.45. The van der Waals surface area contributed by atoms with Crippen LogP contribution >= 0.6 is 0 Å². The number of carbonyl (C=O) groups excluding carboxylic acids is 1. The van der Waals surface area contributed by atoms with E-state index in [-0.39, 0.29) is 11.3 Å². The lowest BCUT2D eigenvalue weighted by atomic mass is 9.67. The van der Waals surface area contributed by atoms with Gasteiger partial charge in [0.1, 0.15) is 5.82 Å². The average molecular weight is 350 g/mol. The lowest BCUT2D eigenvalue weighted by Gasteiger charge is -2.50. The van der Waals surface area contributed by atoms with Crippen LogP contribution in [0.3, 0.4) is 0 Å². The number of hydrogen-bond donors (Lipinski definition) is 0. The van der Waals surface area contributed by atoms with E-state index in [1.54, 1.807) is 12.4 Å². The number of carbonyl (C=O) groups is 1. The summed E-state index contributed by atoms with van der Waals surface area (Å²) in [6.45, 7) is 5.73. The van der Waals surface area contributed by atoms with Crippen LogP contribution in [0.1, 0.15) is 37.7 Å². The lowest BCUT2D eigenvalue weighted by molar-refractivity contribution is -0.140. The van der Waals surface area contributed by atoms with E-state index < -0.39 is 0 Å². The number of likely N-dealkylation sites (N-methyl/N-ethyl adjacent to an activating group) is 1. The monoisotopic (exact) mass is 350 g/mol. The van der Waals surface area contributed by atoms with Crippen molar-refractivity contribution < 1.29 is 4.79 Å². The number of aromatic nitrogens is 2. The molecule has 4 rings (SSSR count). The molecule has 0 unspecified atom stereocenters. The van der Waals surface area contributed by atoms with Crippen LogP contribution in [0, 0.1) is 5.41 Å². The second kappa shape index (κ2) is 7.06. The summed E-state index contributed by atoms with van der Waals surface area (Å²) in [7, 11) is 0. The van der Waals surface area contributed by atoms with E-state index in [1.807, 2.05) is 24.4 Å². The van der Waals surface area contributed by atoms with Crippen molar-refractivity contribution in [3.05, 3.63) is 54.5 Å². The number of rotatable bonds is 3. The molecule has 136 valence electrons. The predicted octanol–water partition coefficient (Wildman–Crippen LogP) is 3.10. The normalized spacial score (nSPS) is 22.7. The molecule has 1 amide bonds. The fourth-order valence-electron chi connectivity index (χ4n) is 4.53. The predicted molar refractivity (Wildman–Crippen MR) is 102 cm³/mol. The molecule has 0 radical (unpaired) electrons. The molecule has 0 N–H and O–H groups in total. The second-order valence-corrected chi connectivity index (χ2v) is 7.57. The minimum absolute atomic E-state index is 0.00651. The number of benzene rings is 1. The molecule has 0 saturated carbocycles. The highest BCUT2D eigenvalue weighted by molar-refractivity contribution is 5.84. The first kappa shape index (κ1) is 17.0.